The van der Waals surface area contributed by atoms with Gasteiger partial charge in [0.05, 0.1) is 6.61 Å². The average Bonchev–Trinajstić information content (AvgIpc) is 3.28. The van der Waals surface area contributed by atoms with E-state index in [1.807, 2.05) is 60.7 Å². The lowest BCUT2D eigenvalue weighted by molar-refractivity contribution is 0.0908. The number of ketones is 1. The molecule has 0 saturated carbocycles. The summed E-state index contributed by atoms with van der Waals surface area (Å²) in [6, 6.07) is 19.1. The SMILES string of the molecule is O=C(c1ccccc1)C(CCCCCCCOc1ccccc1)n1cncn1. The molecule has 0 N–H and O–H groups in total. The number of ether oxygens (including phenoxy) is 1. The fourth-order valence-electron chi connectivity index (χ4n) is 3.23. The number of unbranched alkanes of at least 4 members (excludes halogenated alkanes) is 4. The van der Waals surface area contributed by atoms with Gasteiger partial charge >= 0.3 is 0 Å². The highest BCUT2D eigenvalue weighted by Crippen LogP contribution is 2.21. The van der Waals surface area contributed by atoms with Crippen LogP contribution in [0.15, 0.2) is 73.3 Å². The molecule has 3 aromatic rings. The van der Waals surface area contributed by atoms with Gasteiger partial charge in [-0.05, 0) is 25.0 Å². The largest absolute Gasteiger partial charge is 0.494 e. The Morgan fingerprint density at radius 2 is 1.57 bits per heavy atom. The Labute approximate surface area is 166 Å². The van der Waals surface area contributed by atoms with Crippen molar-refractivity contribution < 1.29 is 9.53 Å². The molecule has 0 amide bonds. The first-order valence-electron chi connectivity index (χ1n) is 9.96. The molecule has 146 valence electrons. The summed E-state index contributed by atoms with van der Waals surface area (Å²) < 4.78 is 7.40. The Hall–Kier alpha value is -2.95. The number of carbonyl (C=O) groups is 1. The predicted molar refractivity (Wildman–Crippen MR) is 109 cm³/mol. The highest BCUT2D eigenvalue weighted by molar-refractivity contribution is 5.98. The monoisotopic (exact) mass is 377 g/mol. The summed E-state index contributed by atoms with van der Waals surface area (Å²) in [5.74, 6) is 1.03. The highest BCUT2D eigenvalue weighted by atomic mass is 16.5. The number of rotatable bonds is 12. The third-order valence-corrected chi connectivity index (χ3v) is 4.75. The van der Waals surface area contributed by atoms with E-state index in [0.717, 1.165) is 56.4 Å². The van der Waals surface area contributed by atoms with Gasteiger partial charge < -0.3 is 4.74 Å². The second-order valence-electron chi connectivity index (χ2n) is 6.84. The van der Waals surface area contributed by atoms with Crippen molar-refractivity contribution in [2.75, 3.05) is 6.61 Å². The molecular weight excluding hydrogens is 350 g/mol. The predicted octanol–water partition coefficient (Wildman–Crippen LogP) is 5.12. The van der Waals surface area contributed by atoms with Crippen LogP contribution in [0.25, 0.3) is 0 Å². The number of hydrogen-bond donors (Lipinski definition) is 0. The molecule has 1 unspecified atom stereocenters. The Balaban J connectivity index is 1.38. The van der Waals surface area contributed by atoms with Gasteiger partial charge in [0.15, 0.2) is 5.78 Å². The molecule has 5 heteroatoms. The molecular formula is C23H27N3O2. The van der Waals surface area contributed by atoms with E-state index in [-0.39, 0.29) is 11.8 Å². The number of aromatic nitrogens is 3. The van der Waals surface area contributed by atoms with Gasteiger partial charge in [0, 0.05) is 5.56 Å². The van der Waals surface area contributed by atoms with Gasteiger partial charge in [0.1, 0.15) is 24.4 Å². The van der Waals surface area contributed by atoms with Crippen molar-refractivity contribution in [3.05, 3.63) is 78.9 Å². The Kier molecular flexibility index (Phi) is 7.79. The summed E-state index contributed by atoms with van der Waals surface area (Å²) >= 11 is 0. The molecule has 5 nitrogen and oxygen atoms in total. The number of carbonyl (C=O) groups excluding carboxylic acids is 1. The zero-order valence-corrected chi connectivity index (χ0v) is 16.1. The lowest BCUT2D eigenvalue weighted by Crippen LogP contribution is -2.20. The van der Waals surface area contributed by atoms with Gasteiger partial charge in [-0.1, -0.05) is 74.2 Å². The fraction of sp³-hybridized carbons (Fsp3) is 0.348. The molecule has 2 aromatic carbocycles. The topological polar surface area (TPSA) is 57.0 Å². The van der Waals surface area contributed by atoms with Crippen LogP contribution in [-0.4, -0.2) is 27.2 Å². The van der Waals surface area contributed by atoms with Crippen molar-refractivity contribution in [3.8, 4) is 5.75 Å². The number of para-hydroxylation sites is 1. The lowest BCUT2D eigenvalue weighted by atomic mass is 9.98. The quantitative estimate of drug-likeness (QED) is 0.325. The van der Waals surface area contributed by atoms with Crippen LogP contribution in [0.1, 0.15) is 54.9 Å². The zero-order valence-electron chi connectivity index (χ0n) is 16.1. The van der Waals surface area contributed by atoms with E-state index in [4.69, 9.17) is 4.74 Å². The second kappa shape index (κ2) is 11.0. The molecule has 1 aromatic heterocycles. The molecule has 1 heterocycles. The molecule has 3 rings (SSSR count). The van der Waals surface area contributed by atoms with Crippen molar-refractivity contribution in [3.63, 3.8) is 0 Å². The van der Waals surface area contributed by atoms with Crippen molar-refractivity contribution in [2.45, 2.75) is 44.6 Å². The second-order valence-corrected chi connectivity index (χ2v) is 6.84. The minimum atomic E-state index is -0.286. The standard InChI is InChI=1S/C23H27N3O2/c27-23(20-12-6-4-7-13-20)22(26-19-24-18-25-26)16-10-2-1-3-11-17-28-21-14-8-5-9-15-21/h4-9,12-15,18-19,22H,1-3,10-11,16-17H2. The summed E-state index contributed by atoms with van der Waals surface area (Å²) in [5, 5.41) is 4.20. The van der Waals surface area contributed by atoms with Crippen LogP contribution in [0.2, 0.25) is 0 Å². The van der Waals surface area contributed by atoms with Crippen molar-refractivity contribution >= 4 is 5.78 Å². The van der Waals surface area contributed by atoms with Gasteiger partial charge in [0.25, 0.3) is 0 Å². The zero-order chi connectivity index (χ0) is 19.4. The third kappa shape index (κ3) is 6.05. The molecule has 28 heavy (non-hydrogen) atoms. The molecule has 0 aliphatic carbocycles. The maximum absolute atomic E-state index is 12.9. The van der Waals surface area contributed by atoms with E-state index in [1.54, 1.807) is 11.0 Å². The molecule has 0 radical (unpaired) electrons. The summed E-state index contributed by atoms with van der Waals surface area (Å²) in [5.41, 5.74) is 0.723. The number of Topliss-reactive ketones (excluding diaryl/α,β-unsaturated/α-hetero) is 1. The average molecular weight is 377 g/mol. The van der Waals surface area contributed by atoms with Gasteiger partial charge in [-0.15, -0.1) is 0 Å². The van der Waals surface area contributed by atoms with Gasteiger partial charge in [-0.2, -0.15) is 5.10 Å². The number of benzene rings is 2. The summed E-state index contributed by atoms with van der Waals surface area (Å²) in [4.78, 5) is 16.9. The number of hydrogen-bond acceptors (Lipinski definition) is 4. The summed E-state index contributed by atoms with van der Waals surface area (Å²) in [7, 11) is 0. The molecule has 0 spiro atoms. The third-order valence-electron chi connectivity index (χ3n) is 4.75. The molecule has 0 aliphatic rings. The van der Waals surface area contributed by atoms with Crippen LogP contribution in [-0.2, 0) is 0 Å². The highest BCUT2D eigenvalue weighted by Gasteiger charge is 2.21. The fourth-order valence-corrected chi connectivity index (χ4v) is 3.23. The maximum Gasteiger partial charge on any atom is 0.187 e. The minimum Gasteiger partial charge on any atom is -0.494 e. The van der Waals surface area contributed by atoms with E-state index in [1.165, 1.54) is 6.33 Å². The van der Waals surface area contributed by atoms with Crippen molar-refractivity contribution in [2.24, 2.45) is 0 Å². The van der Waals surface area contributed by atoms with Crippen LogP contribution < -0.4 is 4.74 Å². The van der Waals surface area contributed by atoms with E-state index in [0.29, 0.717) is 0 Å². The lowest BCUT2D eigenvalue weighted by Gasteiger charge is -2.16. The van der Waals surface area contributed by atoms with Gasteiger partial charge in [-0.25, -0.2) is 9.67 Å². The van der Waals surface area contributed by atoms with Crippen LogP contribution in [0.5, 0.6) is 5.75 Å². The summed E-state index contributed by atoms with van der Waals surface area (Å²) in [6.07, 6.45) is 9.29. The first-order valence-corrected chi connectivity index (χ1v) is 9.96. The molecule has 0 fully saturated rings. The number of nitrogens with zero attached hydrogens (tertiary/aromatic N) is 3. The first kappa shape index (κ1) is 19.8. The summed E-state index contributed by atoms with van der Waals surface area (Å²) in [6.45, 7) is 0.748. The van der Waals surface area contributed by atoms with Crippen LogP contribution in [0.3, 0.4) is 0 Å². The van der Waals surface area contributed by atoms with Crippen molar-refractivity contribution in [1.82, 2.24) is 14.8 Å². The maximum atomic E-state index is 12.9. The van der Waals surface area contributed by atoms with Gasteiger partial charge in [0.2, 0.25) is 0 Å². The normalized spacial score (nSPS) is 11.9. The molecule has 0 aliphatic heterocycles. The Morgan fingerprint density at radius 1 is 0.893 bits per heavy atom. The van der Waals surface area contributed by atoms with Crippen LogP contribution in [0, 0.1) is 0 Å². The van der Waals surface area contributed by atoms with E-state index >= 15 is 0 Å². The molecule has 0 bridgehead atoms. The van der Waals surface area contributed by atoms with Crippen molar-refractivity contribution in [1.29, 1.82) is 0 Å². The molecule has 0 saturated heterocycles. The Morgan fingerprint density at radius 3 is 2.29 bits per heavy atom. The first-order chi connectivity index (χ1) is 13.8. The molecule has 1 atom stereocenters. The van der Waals surface area contributed by atoms with Crippen LogP contribution in [0.4, 0.5) is 0 Å². The minimum absolute atomic E-state index is 0.0994. The van der Waals surface area contributed by atoms with E-state index < -0.39 is 0 Å². The Bertz CT molecular complexity index is 804. The smallest absolute Gasteiger partial charge is 0.187 e. The van der Waals surface area contributed by atoms with E-state index in [2.05, 4.69) is 10.1 Å². The van der Waals surface area contributed by atoms with Gasteiger partial charge in [-0.3, -0.25) is 4.79 Å². The van der Waals surface area contributed by atoms with E-state index in [9.17, 15) is 4.79 Å². The van der Waals surface area contributed by atoms with Crippen LogP contribution >= 0.6 is 0 Å².